The number of carboxylic acid groups (broad SMARTS) is 1. The third-order valence-corrected chi connectivity index (χ3v) is 4.39. The number of ether oxygens (including phenoxy) is 1. The monoisotopic (exact) mass is 319 g/mol. The molecule has 1 amide bonds. The van der Waals surface area contributed by atoms with Crippen molar-refractivity contribution in [3.63, 3.8) is 0 Å². The maximum absolute atomic E-state index is 12.3. The second-order valence-electron chi connectivity index (χ2n) is 6.21. The highest BCUT2D eigenvalue weighted by Gasteiger charge is 2.33. The summed E-state index contributed by atoms with van der Waals surface area (Å²) in [7, 11) is 1.66. The molecule has 1 N–H and O–H groups in total. The number of nitrogens with zero attached hydrogens (tertiary/aromatic N) is 1. The van der Waals surface area contributed by atoms with Crippen LogP contribution in [0.1, 0.15) is 42.4 Å². The molecule has 1 heterocycles. The van der Waals surface area contributed by atoms with Crippen LogP contribution in [-0.4, -0.2) is 41.6 Å². The second kappa shape index (κ2) is 7.49. The van der Waals surface area contributed by atoms with Crippen LogP contribution in [0.3, 0.4) is 0 Å². The lowest BCUT2D eigenvalue weighted by molar-refractivity contribution is -0.148. The largest absolute Gasteiger partial charge is 0.496 e. The molecule has 1 aliphatic rings. The number of methoxy groups -OCH3 is 1. The van der Waals surface area contributed by atoms with Crippen molar-refractivity contribution in [2.75, 3.05) is 13.7 Å². The van der Waals surface area contributed by atoms with E-state index in [2.05, 4.69) is 12.1 Å². The van der Waals surface area contributed by atoms with Gasteiger partial charge >= 0.3 is 5.97 Å². The fraction of sp³-hybridized carbons (Fsp3) is 0.556. The standard InChI is InChI=1S/C18H25NO4/c1-12-10-13(2)17(23-3)14(11-12)6-4-8-16(20)19-9-5-7-15(19)18(21)22/h10-11,15H,4-9H2,1-3H3,(H,21,22). The highest BCUT2D eigenvalue weighted by molar-refractivity contribution is 5.84. The lowest BCUT2D eigenvalue weighted by Gasteiger charge is -2.21. The molecular weight excluding hydrogens is 294 g/mol. The number of carboxylic acids is 1. The third kappa shape index (κ3) is 4.03. The van der Waals surface area contributed by atoms with Gasteiger partial charge in [-0.2, -0.15) is 0 Å². The van der Waals surface area contributed by atoms with E-state index in [1.54, 1.807) is 7.11 Å². The Morgan fingerprint density at radius 2 is 2.09 bits per heavy atom. The van der Waals surface area contributed by atoms with Crippen molar-refractivity contribution < 1.29 is 19.4 Å². The van der Waals surface area contributed by atoms with Crippen LogP contribution < -0.4 is 4.74 Å². The Morgan fingerprint density at radius 3 is 2.74 bits per heavy atom. The van der Waals surface area contributed by atoms with Gasteiger partial charge in [0.1, 0.15) is 11.8 Å². The van der Waals surface area contributed by atoms with Crippen molar-refractivity contribution in [1.82, 2.24) is 4.90 Å². The van der Waals surface area contributed by atoms with Crippen LogP contribution in [0.25, 0.3) is 0 Å². The molecule has 0 aromatic heterocycles. The number of aryl methyl sites for hydroxylation is 3. The molecule has 1 unspecified atom stereocenters. The SMILES string of the molecule is COc1c(C)cc(C)cc1CCCC(=O)N1CCCC1C(=O)O. The van der Waals surface area contributed by atoms with Crippen LogP contribution in [0.2, 0.25) is 0 Å². The van der Waals surface area contributed by atoms with E-state index >= 15 is 0 Å². The summed E-state index contributed by atoms with van der Waals surface area (Å²) in [5.74, 6) is -0.0716. The zero-order chi connectivity index (χ0) is 17.0. The molecule has 0 radical (unpaired) electrons. The van der Waals surface area contributed by atoms with Crippen LogP contribution in [-0.2, 0) is 16.0 Å². The first-order valence-electron chi connectivity index (χ1n) is 8.10. The molecule has 0 saturated carbocycles. The molecule has 1 aliphatic heterocycles. The first-order valence-corrected chi connectivity index (χ1v) is 8.10. The first kappa shape index (κ1) is 17.3. The van der Waals surface area contributed by atoms with Crippen LogP contribution in [0.15, 0.2) is 12.1 Å². The van der Waals surface area contributed by atoms with Crippen LogP contribution in [0.4, 0.5) is 0 Å². The van der Waals surface area contributed by atoms with Gasteiger partial charge in [-0.25, -0.2) is 4.79 Å². The summed E-state index contributed by atoms with van der Waals surface area (Å²) in [6.07, 6.45) is 3.16. The molecule has 1 saturated heterocycles. The van der Waals surface area contributed by atoms with Gasteiger partial charge in [-0.1, -0.05) is 17.7 Å². The zero-order valence-corrected chi connectivity index (χ0v) is 14.1. The molecule has 5 nitrogen and oxygen atoms in total. The number of carbonyl (C=O) groups is 2. The van der Waals surface area contributed by atoms with Crippen LogP contribution >= 0.6 is 0 Å². The summed E-state index contributed by atoms with van der Waals surface area (Å²) in [5, 5.41) is 9.15. The molecular formula is C18H25NO4. The number of likely N-dealkylation sites (tertiary alicyclic amines) is 1. The van der Waals surface area contributed by atoms with Gasteiger partial charge in [-0.05, 0) is 50.7 Å². The highest BCUT2D eigenvalue weighted by atomic mass is 16.5. The van der Waals surface area contributed by atoms with E-state index < -0.39 is 12.0 Å². The predicted molar refractivity (Wildman–Crippen MR) is 87.8 cm³/mol. The molecule has 1 fully saturated rings. The molecule has 23 heavy (non-hydrogen) atoms. The van der Waals surface area contributed by atoms with E-state index in [-0.39, 0.29) is 5.91 Å². The lowest BCUT2D eigenvalue weighted by Crippen LogP contribution is -2.40. The molecule has 0 bridgehead atoms. The average molecular weight is 319 g/mol. The Kier molecular flexibility index (Phi) is 5.64. The van der Waals surface area contributed by atoms with Gasteiger partial charge in [0, 0.05) is 13.0 Å². The number of amides is 1. The van der Waals surface area contributed by atoms with Crippen molar-refractivity contribution in [2.45, 2.75) is 52.0 Å². The van der Waals surface area contributed by atoms with Crippen molar-refractivity contribution in [3.8, 4) is 5.75 Å². The van der Waals surface area contributed by atoms with Crippen molar-refractivity contribution >= 4 is 11.9 Å². The summed E-state index contributed by atoms with van der Waals surface area (Å²) in [6, 6.07) is 3.53. The van der Waals surface area contributed by atoms with Gasteiger partial charge in [0.25, 0.3) is 0 Å². The van der Waals surface area contributed by atoms with Crippen LogP contribution in [0, 0.1) is 13.8 Å². The van der Waals surface area contributed by atoms with E-state index in [4.69, 9.17) is 9.84 Å². The Hall–Kier alpha value is -2.04. The van der Waals surface area contributed by atoms with E-state index in [1.165, 1.54) is 10.5 Å². The van der Waals surface area contributed by atoms with Gasteiger partial charge in [-0.15, -0.1) is 0 Å². The average Bonchev–Trinajstić information content (AvgIpc) is 2.96. The Bertz CT molecular complexity index is 597. The number of hydrogen-bond donors (Lipinski definition) is 1. The maximum Gasteiger partial charge on any atom is 0.326 e. The second-order valence-corrected chi connectivity index (χ2v) is 6.21. The van der Waals surface area contributed by atoms with Crippen molar-refractivity contribution in [1.29, 1.82) is 0 Å². The third-order valence-electron chi connectivity index (χ3n) is 4.39. The van der Waals surface area contributed by atoms with Gasteiger partial charge in [0.15, 0.2) is 0 Å². The Balaban J connectivity index is 1.95. The van der Waals surface area contributed by atoms with Crippen molar-refractivity contribution in [2.24, 2.45) is 0 Å². The minimum atomic E-state index is -0.896. The molecule has 1 atom stereocenters. The van der Waals surface area contributed by atoms with Gasteiger partial charge < -0.3 is 14.7 Å². The van der Waals surface area contributed by atoms with E-state index in [0.29, 0.717) is 25.8 Å². The Morgan fingerprint density at radius 1 is 1.35 bits per heavy atom. The lowest BCUT2D eigenvalue weighted by atomic mass is 10.0. The minimum Gasteiger partial charge on any atom is -0.496 e. The molecule has 2 rings (SSSR count). The maximum atomic E-state index is 12.3. The highest BCUT2D eigenvalue weighted by Crippen LogP contribution is 2.27. The fourth-order valence-corrected chi connectivity index (χ4v) is 3.42. The minimum absolute atomic E-state index is 0.0572. The number of carbonyl (C=O) groups excluding carboxylic acids is 1. The summed E-state index contributed by atoms with van der Waals surface area (Å²) in [5.41, 5.74) is 3.38. The van der Waals surface area contributed by atoms with Crippen molar-refractivity contribution in [3.05, 3.63) is 28.8 Å². The van der Waals surface area contributed by atoms with E-state index in [0.717, 1.165) is 29.7 Å². The smallest absolute Gasteiger partial charge is 0.326 e. The molecule has 1 aromatic carbocycles. The molecule has 0 spiro atoms. The van der Waals surface area contributed by atoms with E-state index in [1.807, 2.05) is 13.8 Å². The number of benzene rings is 1. The van der Waals surface area contributed by atoms with Gasteiger partial charge in [0.2, 0.25) is 5.91 Å². The van der Waals surface area contributed by atoms with Crippen LogP contribution in [0.5, 0.6) is 5.75 Å². The summed E-state index contributed by atoms with van der Waals surface area (Å²) < 4.78 is 5.46. The number of aliphatic carboxylic acids is 1. The normalized spacial score (nSPS) is 17.3. The number of rotatable bonds is 6. The molecule has 1 aromatic rings. The summed E-state index contributed by atoms with van der Waals surface area (Å²) in [6.45, 7) is 4.62. The van der Waals surface area contributed by atoms with E-state index in [9.17, 15) is 9.59 Å². The quantitative estimate of drug-likeness (QED) is 0.875. The fourth-order valence-electron chi connectivity index (χ4n) is 3.42. The van der Waals surface area contributed by atoms with Gasteiger partial charge in [-0.3, -0.25) is 4.79 Å². The summed E-state index contributed by atoms with van der Waals surface area (Å²) in [4.78, 5) is 24.9. The first-order chi connectivity index (χ1) is 10.9. The molecule has 0 aliphatic carbocycles. The summed E-state index contributed by atoms with van der Waals surface area (Å²) >= 11 is 0. The topological polar surface area (TPSA) is 66.8 Å². The Labute approximate surface area is 137 Å². The number of hydrogen-bond acceptors (Lipinski definition) is 3. The molecule has 126 valence electrons. The predicted octanol–water partition coefficient (Wildman–Crippen LogP) is 2.71. The van der Waals surface area contributed by atoms with Gasteiger partial charge in [0.05, 0.1) is 7.11 Å². The molecule has 5 heteroatoms. The zero-order valence-electron chi connectivity index (χ0n) is 14.1.